The highest BCUT2D eigenvalue weighted by atomic mass is 32.2. The summed E-state index contributed by atoms with van der Waals surface area (Å²) in [6.45, 7) is 3.84. The van der Waals surface area contributed by atoms with Crippen molar-refractivity contribution >= 4 is 38.8 Å². The number of amides is 1. The Morgan fingerprint density at radius 2 is 1.91 bits per heavy atom. The molecule has 1 amide bonds. The van der Waals surface area contributed by atoms with Crippen LogP contribution >= 0.6 is 23.1 Å². The first-order valence-corrected chi connectivity index (χ1v) is 14.4. The first-order chi connectivity index (χ1) is 15.9. The van der Waals surface area contributed by atoms with Crippen LogP contribution in [-0.4, -0.2) is 72.3 Å². The van der Waals surface area contributed by atoms with Crippen LogP contribution in [0.15, 0.2) is 64.1 Å². The molecule has 1 aliphatic heterocycles. The lowest BCUT2D eigenvalue weighted by Crippen LogP contribution is -2.36. The molecular formula is C23H26N4O3S3. The monoisotopic (exact) mass is 502 g/mol. The number of aromatic nitrogens is 2. The average Bonchev–Trinajstić information content (AvgIpc) is 3.25. The fourth-order valence-corrected chi connectivity index (χ4v) is 5.73. The van der Waals surface area contributed by atoms with Gasteiger partial charge < -0.3 is 4.90 Å². The number of rotatable bonds is 7. The quantitative estimate of drug-likeness (QED) is 0.362. The highest BCUT2D eigenvalue weighted by molar-refractivity contribution is 7.99. The van der Waals surface area contributed by atoms with Gasteiger partial charge in [-0.2, -0.15) is 0 Å². The first kappa shape index (κ1) is 23.9. The van der Waals surface area contributed by atoms with Crippen molar-refractivity contribution in [2.45, 2.75) is 23.0 Å². The number of carbonyl (C=O) groups excluding carboxylic acids is 1. The number of benzene rings is 1. The highest BCUT2D eigenvalue weighted by Crippen LogP contribution is 2.24. The molecule has 1 aromatic carbocycles. The Labute approximate surface area is 202 Å². The summed E-state index contributed by atoms with van der Waals surface area (Å²) >= 11 is 3.01. The van der Waals surface area contributed by atoms with Crippen LogP contribution in [-0.2, 0) is 21.2 Å². The highest BCUT2D eigenvalue weighted by Gasteiger charge is 2.20. The normalized spacial score (nSPS) is 15.4. The SMILES string of the molecule is CS(=O)(=O)c1ccc(CN2CCCN(C(=O)CSc3nccc(-c4cccs4)n3)CC2)cc1. The molecule has 1 saturated heterocycles. The maximum atomic E-state index is 12.8. The van der Waals surface area contributed by atoms with E-state index in [2.05, 4.69) is 14.9 Å². The predicted octanol–water partition coefficient (Wildman–Crippen LogP) is 3.44. The van der Waals surface area contributed by atoms with Crippen LogP contribution < -0.4 is 0 Å². The minimum Gasteiger partial charge on any atom is -0.341 e. The fraction of sp³-hybridized carbons (Fsp3) is 0.348. The van der Waals surface area contributed by atoms with Gasteiger partial charge in [0.25, 0.3) is 0 Å². The van der Waals surface area contributed by atoms with Crippen LogP contribution in [0.4, 0.5) is 0 Å². The van der Waals surface area contributed by atoms with Crippen LogP contribution in [0.25, 0.3) is 10.6 Å². The van der Waals surface area contributed by atoms with Crippen LogP contribution in [0.5, 0.6) is 0 Å². The molecule has 10 heteroatoms. The molecule has 0 aliphatic carbocycles. The maximum absolute atomic E-state index is 12.8. The molecule has 3 aromatic rings. The van der Waals surface area contributed by atoms with E-state index in [1.54, 1.807) is 29.7 Å². The Morgan fingerprint density at radius 1 is 1.09 bits per heavy atom. The van der Waals surface area contributed by atoms with Crippen molar-refractivity contribution in [1.29, 1.82) is 0 Å². The number of hydrogen-bond acceptors (Lipinski definition) is 8. The van der Waals surface area contributed by atoms with E-state index in [0.717, 1.165) is 48.7 Å². The van der Waals surface area contributed by atoms with E-state index in [9.17, 15) is 13.2 Å². The summed E-state index contributed by atoms with van der Waals surface area (Å²) in [5.41, 5.74) is 1.95. The van der Waals surface area contributed by atoms with Gasteiger partial charge in [0.2, 0.25) is 5.91 Å². The minimum atomic E-state index is -3.18. The molecular weight excluding hydrogens is 476 g/mol. The van der Waals surface area contributed by atoms with Crippen molar-refractivity contribution in [1.82, 2.24) is 19.8 Å². The number of thioether (sulfide) groups is 1. The zero-order valence-electron chi connectivity index (χ0n) is 18.4. The molecule has 33 heavy (non-hydrogen) atoms. The summed E-state index contributed by atoms with van der Waals surface area (Å²) in [6.07, 6.45) is 3.86. The Kier molecular flexibility index (Phi) is 7.79. The molecule has 3 heterocycles. The molecule has 0 spiro atoms. The van der Waals surface area contributed by atoms with Gasteiger partial charge in [0.15, 0.2) is 15.0 Å². The van der Waals surface area contributed by atoms with Crippen molar-refractivity contribution < 1.29 is 13.2 Å². The maximum Gasteiger partial charge on any atom is 0.233 e. The first-order valence-electron chi connectivity index (χ1n) is 10.7. The number of sulfone groups is 1. The van der Waals surface area contributed by atoms with Gasteiger partial charge in [-0.3, -0.25) is 9.69 Å². The van der Waals surface area contributed by atoms with Gasteiger partial charge >= 0.3 is 0 Å². The van der Waals surface area contributed by atoms with Crippen molar-refractivity contribution in [2.75, 3.05) is 38.2 Å². The molecule has 0 radical (unpaired) electrons. The van der Waals surface area contributed by atoms with E-state index in [0.29, 0.717) is 22.3 Å². The third-order valence-electron chi connectivity index (χ3n) is 5.43. The van der Waals surface area contributed by atoms with E-state index in [1.807, 2.05) is 40.6 Å². The predicted molar refractivity (Wildman–Crippen MR) is 132 cm³/mol. The van der Waals surface area contributed by atoms with Gasteiger partial charge in [0.05, 0.1) is 21.2 Å². The second-order valence-electron chi connectivity index (χ2n) is 7.92. The molecule has 0 unspecified atom stereocenters. The third-order valence-corrected chi connectivity index (χ3v) is 8.30. The van der Waals surface area contributed by atoms with Gasteiger partial charge in [-0.15, -0.1) is 11.3 Å². The molecule has 2 aromatic heterocycles. The Morgan fingerprint density at radius 3 is 2.64 bits per heavy atom. The molecule has 1 aliphatic rings. The summed E-state index contributed by atoms with van der Waals surface area (Å²) < 4.78 is 23.3. The largest absolute Gasteiger partial charge is 0.341 e. The van der Waals surface area contributed by atoms with Crippen molar-refractivity contribution in [3.05, 3.63) is 59.6 Å². The van der Waals surface area contributed by atoms with Gasteiger partial charge in [0, 0.05) is 45.2 Å². The van der Waals surface area contributed by atoms with Gasteiger partial charge in [-0.1, -0.05) is 30.0 Å². The second-order valence-corrected chi connectivity index (χ2v) is 11.8. The van der Waals surface area contributed by atoms with Gasteiger partial charge in [0.1, 0.15) is 0 Å². The van der Waals surface area contributed by atoms with Gasteiger partial charge in [-0.05, 0) is 41.6 Å². The summed E-state index contributed by atoms with van der Waals surface area (Å²) in [4.78, 5) is 27.3. The van der Waals surface area contributed by atoms with E-state index in [1.165, 1.54) is 18.0 Å². The smallest absolute Gasteiger partial charge is 0.233 e. The lowest BCUT2D eigenvalue weighted by Gasteiger charge is -2.22. The number of thiophene rings is 1. The van der Waals surface area contributed by atoms with Crippen molar-refractivity contribution in [2.24, 2.45) is 0 Å². The lowest BCUT2D eigenvalue weighted by atomic mass is 10.2. The van der Waals surface area contributed by atoms with E-state index in [-0.39, 0.29) is 5.91 Å². The van der Waals surface area contributed by atoms with E-state index >= 15 is 0 Å². The third kappa shape index (κ3) is 6.63. The van der Waals surface area contributed by atoms with Gasteiger partial charge in [-0.25, -0.2) is 18.4 Å². The molecule has 7 nitrogen and oxygen atoms in total. The van der Waals surface area contributed by atoms with Crippen molar-refractivity contribution in [3.63, 3.8) is 0 Å². The Hall–Kier alpha value is -2.27. The lowest BCUT2D eigenvalue weighted by molar-refractivity contribution is -0.128. The number of carbonyl (C=O) groups is 1. The Bertz CT molecular complexity index is 1180. The zero-order valence-corrected chi connectivity index (χ0v) is 20.8. The molecule has 174 valence electrons. The van der Waals surface area contributed by atoms with E-state index < -0.39 is 9.84 Å². The van der Waals surface area contributed by atoms with Crippen LogP contribution in [0.3, 0.4) is 0 Å². The fourth-order valence-electron chi connectivity index (χ4n) is 3.67. The summed E-state index contributed by atoms with van der Waals surface area (Å²) in [6, 6.07) is 12.9. The standard InChI is InChI=1S/C23H26N4O3S3/c1-33(29,30)19-7-5-18(6-8-19)16-26-11-3-12-27(14-13-26)22(28)17-32-23-24-10-9-20(25-23)21-4-2-15-31-21/h2,4-10,15H,3,11-14,16-17H2,1H3. The second kappa shape index (κ2) is 10.8. The average molecular weight is 503 g/mol. The minimum absolute atomic E-state index is 0.101. The number of hydrogen-bond donors (Lipinski definition) is 0. The Balaban J connectivity index is 1.28. The number of nitrogens with zero attached hydrogens (tertiary/aromatic N) is 4. The van der Waals surface area contributed by atoms with Crippen LogP contribution in [0.2, 0.25) is 0 Å². The summed E-state index contributed by atoms with van der Waals surface area (Å²) in [5.74, 6) is 0.422. The molecule has 0 N–H and O–H groups in total. The van der Waals surface area contributed by atoms with Crippen molar-refractivity contribution in [3.8, 4) is 10.6 Å². The van der Waals surface area contributed by atoms with E-state index in [4.69, 9.17) is 0 Å². The molecule has 4 rings (SSSR count). The molecule has 0 saturated carbocycles. The van der Waals surface area contributed by atoms with Crippen LogP contribution in [0, 0.1) is 0 Å². The molecule has 1 fully saturated rings. The van der Waals surface area contributed by atoms with Crippen LogP contribution in [0.1, 0.15) is 12.0 Å². The zero-order chi connectivity index (χ0) is 23.3. The topological polar surface area (TPSA) is 83.5 Å². The molecule has 0 atom stereocenters. The summed E-state index contributed by atoms with van der Waals surface area (Å²) in [7, 11) is -3.18. The molecule has 0 bridgehead atoms. The summed E-state index contributed by atoms with van der Waals surface area (Å²) in [5, 5.41) is 2.63.